The van der Waals surface area contributed by atoms with Crippen LogP contribution in [-0.2, 0) is 16.1 Å². The number of likely N-dealkylation sites (tertiary alicyclic amines) is 1. The highest BCUT2D eigenvalue weighted by Crippen LogP contribution is 2.17. The van der Waals surface area contributed by atoms with Crippen LogP contribution in [0.1, 0.15) is 37.3 Å². The molecule has 0 spiro atoms. The molecule has 0 atom stereocenters. The summed E-state index contributed by atoms with van der Waals surface area (Å²) in [4.78, 5) is 28.0. The van der Waals surface area contributed by atoms with Gasteiger partial charge in [-0.15, -0.1) is 0 Å². The van der Waals surface area contributed by atoms with Crippen LogP contribution in [0.25, 0.3) is 0 Å². The number of hydrogen-bond acceptors (Lipinski definition) is 3. The number of nitrogens with zero attached hydrogens (tertiary/aromatic N) is 2. The SMILES string of the molecule is CCCN(Cc1ccc(C)cc1)C(=O)CN1CCC(C(N)=O)CC1. The van der Waals surface area contributed by atoms with Crippen molar-refractivity contribution in [3.63, 3.8) is 0 Å². The molecule has 1 heterocycles. The highest BCUT2D eigenvalue weighted by Gasteiger charge is 2.25. The van der Waals surface area contributed by atoms with E-state index in [4.69, 9.17) is 5.73 Å². The number of carbonyl (C=O) groups excluding carboxylic acids is 2. The van der Waals surface area contributed by atoms with E-state index < -0.39 is 0 Å². The molecule has 2 rings (SSSR count). The van der Waals surface area contributed by atoms with Crippen LogP contribution in [0.5, 0.6) is 0 Å². The van der Waals surface area contributed by atoms with Crippen molar-refractivity contribution in [2.45, 2.75) is 39.7 Å². The number of benzene rings is 1. The predicted octanol–water partition coefficient (Wildman–Crippen LogP) is 1.93. The van der Waals surface area contributed by atoms with Crippen LogP contribution < -0.4 is 5.73 Å². The van der Waals surface area contributed by atoms with Gasteiger partial charge in [0.2, 0.25) is 11.8 Å². The molecule has 132 valence electrons. The molecule has 1 aromatic rings. The lowest BCUT2D eigenvalue weighted by atomic mass is 9.96. The molecule has 1 aliphatic rings. The Morgan fingerprint density at radius 3 is 2.38 bits per heavy atom. The van der Waals surface area contributed by atoms with E-state index in [1.54, 1.807) is 0 Å². The number of rotatable bonds is 7. The van der Waals surface area contributed by atoms with E-state index >= 15 is 0 Å². The molecule has 5 heteroatoms. The van der Waals surface area contributed by atoms with Gasteiger partial charge in [-0.3, -0.25) is 14.5 Å². The van der Waals surface area contributed by atoms with Gasteiger partial charge in [0.25, 0.3) is 0 Å². The average Bonchev–Trinajstić information content (AvgIpc) is 2.57. The van der Waals surface area contributed by atoms with E-state index in [0.29, 0.717) is 13.1 Å². The third-order valence-corrected chi connectivity index (χ3v) is 4.69. The molecule has 2 amide bonds. The second-order valence-corrected chi connectivity index (χ2v) is 6.75. The van der Waals surface area contributed by atoms with Gasteiger partial charge >= 0.3 is 0 Å². The Hall–Kier alpha value is -1.88. The quantitative estimate of drug-likeness (QED) is 0.830. The Balaban J connectivity index is 1.89. The summed E-state index contributed by atoms with van der Waals surface area (Å²) in [6.45, 7) is 7.54. The fourth-order valence-electron chi connectivity index (χ4n) is 3.14. The number of aryl methyl sites for hydroxylation is 1. The van der Waals surface area contributed by atoms with Crippen molar-refractivity contribution >= 4 is 11.8 Å². The van der Waals surface area contributed by atoms with Gasteiger partial charge in [-0.25, -0.2) is 0 Å². The summed E-state index contributed by atoms with van der Waals surface area (Å²) in [5, 5.41) is 0. The third-order valence-electron chi connectivity index (χ3n) is 4.69. The number of hydrogen-bond donors (Lipinski definition) is 1. The predicted molar refractivity (Wildman–Crippen MR) is 95.2 cm³/mol. The van der Waals surface area contributed by atoms with Crippen molar-refractivity contribution in [3.05, 3.63) is 35.4 Å². The van der Waals surface area contributed by atoms with E-state index in [0.717, 1.165) is 44.5 Å². The molecule has 0 aromatic heterocycles. The highest BCUT2D eigenvalue weighted by molar-refractivity contribution is 5.78. The zero-order valence-corrected chi connectivity index (χ0v) is 14.8. The Labute approximate surface area is 144 Å². The van der Waals surface area contributed by atoms with Crippen LogP contribution in [0.4, 0.5) is 0 Å². The second-order valence-electron chi connectivity index (χ2n) is 6.75. The Morgan fingerprint density at radius 1 is 1.21 bits per heavy atom. The molecule has 0 aliphatic carbocycles. The molecular weight excluding hydrogens is 302 g/mol. The molecule has 0 saturated carbocycles. The smallest absolute Gasteiger partial charge is 0.237 e. The molecule has 0 radical (unpaired) electrons. The lowest BCUT2D eigenvalue weighted by Gasteiger charge is -2.32. The summed E-state index contributed by atoms with van der Waals surface area (Å²) in [6.07, 6.45) is 2.46. The molecule has 1 aliphatic heterocycles. The minimum atomic E-state index is -0.215. The summed E-state index contributed by atoms with van der Waals surface area (Å²) in [6, 6.07) is 8.34. The van der Waals surface area contributed by atoms with Crippen LogP contribution in [-0.4, -0.2) is 47.8 Å². The zero-order chi connectivity index (χ0) is 17.5. The first kappa shape index (κ1) is 18.5. The second kappa shape index (κ2) is 8.83. The fraction of sp³-hybridized carbons (Fsp3) is 0.579. The van der Waals surface area contributed by atoms with Gasteiger partial charge in [-0.1, -0.05) is 36.8 Å². The van der Waals surface area contributed by atoms with E-state index in [-0.39, 0.29) is 17.7 Å². The van der Waals surface area contributed by atoms with Crippen molar-refractivity contribution < 1.29 is 9.59 Å². The van der Waals surface area contributed by atoms with Gasteiger partial charge in [0, 0.05) is 19.0 Å². The van der Waals surface area contributed by atoms with Gasteiger partial charge in [0.1, 0.15) is 0 Å². The van der Waals surface area contributed by atoms with Crippen molar-refractivity contribution in [2.75, 3.05) is 26.2 Å². The van der Waals surface area contributed by atoms with Crippen LogP contribution >= 0.6 is 0 Å². The normalized spacial score (nSPS) is 16.1. The van der Waals surface area contributed by atoms with Gasteiger partial charge in [0.15, 0.2) is 0 Å². The minimum absolute atomic E-state index is 0.0318. The number of nitrogens with two attached hydrogens (primary N) is 1. The first-order chi connectivity index (χ1) is 11.5. The lowest BCUT2D eigenvalue weighted by Crippen LogP contribution is -2.45. The first-order valence-corrected chi connectivity index (χ1v) is 8.84. The monoisotopic (exact) mass is 331 g/mol. The molecule has 1 fully saturated rings. The Kier molecular flexibility index (Phi) is 6.79. The molecule has 0 bridgehead atoms. The maximum Gasteiger partial charge on any atom is 0.237 e. The maximum absolute atomic E-state index is 12.7. The topological polar surface area (TPSA) is 66.6 Å². The van der Waals surface area contributed by atoms with Gasteiger partial charge in [0.05, 0.1) is 6.54 Å². The van der Waals surface area contributed by atoms with Crippen molar-refractivity contribution in [3.8, 4) is 0 Å². The standard InChI is InChI=1S/C19H29N3O2/c1-3-10-22(13-16-6-4-15(2)5-7-16)18(23)14-21-11-8-17(9-12-21)19(20)24/h4-7,17H,3,8-14H2,1-2H3,(H2,20,24). The van der Waals surface area contributed by atoms with Crippen LogP contribution in [0, 0.1) is 12.8 Å². The van der Waals surface area contributed by atoms with Crippen LogP contribution in [0.3, 0.4) is 0 Å². The van der Waals surface area contributed by atoms with E-state index in [9.17, 15) is 9.59 Å². The molecule has 5 nitrogen and oxygen atoms in total. The average molecular weight is 331 g/mol. The third kappa shape index (κ3) is 5.34. The Bertz CT molecular complexity index is 548. The zero-order valence-electron chi connectivity index (χ0n) is 14.8. The molecule has 0 unspecified atom stereocenters. The van der Waals surface area contributed by atoms with Gasteiger partial charge < -0.3 is 10.6 Å². The van der Waals surface area contributed by atoms with Crippen LogP contribution in [0.2, 0.25) is 0 Å². The number of primary amides is 1. The molecule has 24 heavy (non-hydrogen) atoms. The van der Waals surface area contributed by atoms with Gasteiger partial charge in [-0.2, -0.15) is 0 Å². The number of piperidine rings is 1. The van der Waals surface area contributed by atoms with E-state index in [2.05, 4.69) is 43.0 Å². The Morgan fingerprint density at radius 2 is 1.83 bits per heavy atom. The van der Waals surface area contributed by atoms with Gasteiger partial charge in [-0.05, 0) is 44.8 Å². The molecule has 2 N–H and O–H groups in total. The molecule has 1 aromatic carbocycles. The highest BCUT2D eigenvalue weighted by atomic mass is 16.2. The molecule has 1 saturated heterocycles. The largest absolute Gasteiger partial charge is 0.369 e. The van der Waals surface area contributed by atoms with E-state index in [1.807, 2.05) is 4.90 Å². The van der Waals surface area contributed by atoms with Crippen molar-refractivity contribution in [2.24, 2.45) is 11.7 Å². The number of carbonyl (C=O) groups is 2. The summed E-state index contributed by atoms with van der Waals surface area (Å²) in [5.74, 6) is -0.0847. The lowest BCUT2D eigenvalue weighted by molar-refractivity contribution is -0.133. The summed E-state index contributed by atoms with van der Waals surface area (Å²) in [7, 11) is 0. The summed E-state index contributed by atoms with van der Waals surface area (Å²) >= 11 is 0. The summed E-state index contributed by atoms with van der Waals surface area (Å²) in [5.41, 5.74) is 7.75. The first-order valence-electron chi connectivity index (χ1n) is 8.84. The van der Waals surface area contributed by atoms with Crippen LogP contribution in [0.15, 0.2) is 24.3 Å². The number of amides is 2. The van der Waals surface area contributed by atoms with E-state index in [1.165, 1.54) is 5.56 Å². The maximum atomic E-state index is 12.7. The fourth-order valence-corrected chi connectivity index (χ4v) is 3.14. The minimum Gasteiger partial charge on any atom is -0.369 e. The molecular formula is C19H29N3O2. The van der Waals surface area contributed by atoms with Crippen molar-refractivity contribution in [1.29, 1.82) is 0 Å². The van der Waals surface area contributed by atoms with Crippen molar-refractivity contribution in [1.82, 2.24) is 9.80 Å². The summed E-state index contributed by atoms with van der Waals surface area (Å²) < 4.78 is 0.